The summed E-state index contributed by atoms with van der Waals surface area (Å²) < 4.78 is 7.56. The fourth-order valence-corrected chi connectivity index (χ4v) is 3.78. The van der Waals surface area contributed by atoms with Crippen LogP contribution >= 0.6 is 0 Å². The Kier molecular flexibility index (Phi) is 4.30. The lowest BCUT2D eigenvalue weighted by Crippen LogP contribution is -2.35. The number of fused-ring (bicyclic) bond motifs is 1. The van der Waals surface area contributed by atoms with Gasteiger partial charge in [-0.25, -0.2) is 4.98 Å². The zero-order valence-electron chi connectivity index (χ0n) is 14.9. The lowest BCUT2D eigenvalue weighted by atomic mass is 9.96. The second-order valence-electron chi connectivity index (χ2n) is 6.80. The molecule has 1 saturated heterocycles. The molecule has 1 aliphatic rings. The SMILES string of the molecule is COc1cccc2c(N3CCC(Cn4cccn4)CC3)cc(C)nc12. The van der Waals surface area contributed by atoms with Gasteiger partial charge in [-0.15, -0.1) is 0 Å². The number of aromatic nitrogens is 3. The molecule has 0 aliphatic carbocycles. The van der Waals surface area contributed by atoms with Crippen molar-refractivity contribution in [3.8, 4) is 5.75 Å². The van der Waals surface area contributed by atoms with Crippen molar-refractivity contribution in [3.63, 3.8) is 0 Å². The van der Waals surface area contributed by atoms with E-state index in [4.69, 9.17) is 9.72 Å². The Bertz CT molecular complexity index is 852. The highest BCUT2D eigenvalue weighted by Crippen LogP contribution is 2.34. The van der Waals surface area contributed by atoms with Gasteiger partial charge in [-0.1, -0.05) is 12.1 Å². The highest BCUT2D eigenvalue weighted by Gasteiger charge is 2.22. The third-order valence-corrected chi connectivity index (χ3v) is 5.09. The predicted octanol–water partition coefficient (Wildman–Crippen LogP) is 3.66. The maximum absolute atomic E-state index is 5.51. The molecule has 5 nitrogen and oxygen atoms in total. The van der Waals surface area contributed by atoms with E-state index in [2.05, 4.69) is 39.9 Å². The van der Waals surface area contributed by atoms with E-state index in [0.717, 1.165) is 36.6 Å². The molecule has 3 aromatic rings. The summed E-state index contributed by atoms with van der Waals surface area (Å²) in [5.74, 6) is 1.54. The Morgan fingerprint density at radius 3 is 2.76 bits per heavy atom. The summed E-state index contributed by atoms with van der Waals surface area (Å²) >= 11 is 0. The third-order valence-electron chi connectivity index (χ3n) is 5.09. The van der Waals surface area contributed by atoms with Crippen molar-refractivity contribution in [1.82, 2.24) is 14.8 Å². The van der Waals surface area contributed by atoms with Crippen LogP contribution in [0.2, 0.25) is 0 Å². The van der Waals surface area contributed by atoms with Gasteiger partial charge in [0.05, 0.1) is 7.11 Å². The van der Waals surface area contributed by atoms with E-state index < -0.39 is 0 Å². The zero-order valence-corrected chi connectivity index (χ0v) is 14.9. The van der Waals surface area contributed by atoms with Crippen molar-refractivity contribution < 1.29 is 4.74 Å². The topological polar surface area (TPSA) is 43.2 Å². The number of rotatable bonds is 4. The average molecular weight is 336 g/mol. The molecule has 130 valence electrons. The molecule has 4 rings (SSSR count). The lowest BCUT2D eigenvalue weighted by molar-refractivity contribution is 0.342. The molecule has 1 aromatic carbocycles. The minimum atomic E-state index is 0.694. The summed E-state index contributed by atoms with van der Waals surface area (Å²) in [6, 6.07) is 10.4. The number of methoxy groups -OCH3 is 1. The number of hydrogen-bond acceptors (Lipinski definition) is 4. The van der Waals surface area contributed by atoms with Crippen molar-refractivity contribution in [3.05, 3.63) is 48.4 Å². The summed E-state index contributed by atoms with van der Waals surface area (Å²) in [5, 5.41) is 5.52. The molecule has 0 atom stereocenters. The minimum absolute atomic E-state index is 0.694. The first kappa shape index (κ1) is 15.9. The van der Waals surface area contributed by atoms with Crippen LogP contribution in [0, 0.1) is 12.8 Å². The van der Waals surface area contributed by atoms with Gasteiger partial charge in [-0.3, -0.25) is 4.68 Å². The number of aryl methyl sites for hydroxylation is 1. The minimum Gasteiger partial charge on any atom is -0.494 e. The molecule has 0 unspecified atom stereocenters. The van der Waals surface area contributed by atoms with Gasteiger partial charge in [0.25, 0.3) is 0 Å². The van der Waals surface area contributed by atoms with Crippen LogP contribution in [0.1, 0.15) is 18.5 Å². The Morgan fingerprint density at radius 2 is 2.04 bits per heavy atom. The number of ether oxygens (including phenoxy) is 1. The number of hydrogen-bond donors (Lipinski definition) is 0. The van der Waals surface area contributed by atoms with Crippen molar-refractivity contribution in [2.45, 2.75) is 26.3 Å². The normalized spacial score (nSPS) is 15.7. The van der Waals surface area contributed by atoms with Crippen LogP contribution < -0.4 is 9.64 Å². The lowest BCUT2D eigenvalue weighted by Gasteiger charge is -2.34. The van der Waals surface area contributed by atoms with Crippen LogP contribution in [0.25, 0.3) is 10.9 Å². The van der Waals surface area contributed by atoms with Crippen LogP contribution in [-0.2, 0) is 6.54 Å². The maximum atomic E-state index is 5.51. The van der Waals surface area contributed by atoms with E-state index >= 15 is 0 Å². The van der Waals surface area contributed by atoms with Crippen molar-refractivity contribution >= 4 is 16.6 Å². The van der Waals surface area contributed by atoms with Gasteiger partial charge in [0.1, 0.15) is 11.3 Å². The molecule has 0 amide bonds. The van der Waals surface area contributed by atoms with Gasteiger partial charge in [0.2, 0.25) is 0 Å². The number of benzene rings is 1. The van der Waals surface area contributed by atoms with Crippen molar-refractivity contribution in [2.24, 2.45) is 5.92 Å². The third kappa shape index (κ3) is 3.18. The van der Waals surface area contributed by atoms with Crippen LogP contribution in [0.5, 0.6) is 5.75 Å². The van der Waals surface area contributed by atoms with E-state index in [1.54, 1.807) is 7.11 Å². The maximum Gasteiger partial charge on any atom is 0.145 e. The van der Waals surface area contributed by atoms with Gasteiger partial charge >= 0.3 is 0 Å². The molecule has 1 aliphatic heterocycles. The monoisotopic (exact) mass is 336 g/mol. The highest BCUT2D eigenvalue weighted by molar-refractivity contribution is 5.95. The number of para-hydroxylation sites is 1. The van der Waals surface area contributed by atoms with Gasteiger partial charge in [0, 0.05) is 48.8 Å². The Morgan fingerprint density at radius 1 is 1.20 bits per heavy atom. The second kappa shape index (κ2) is 6.75. The standard InChI is InChI=1S/C20H24N4O/c1-15-13-18(17-5-3-6-19(25-2)20(17)22-15)23-11-7-16(8-12-23)14-24-10-4-9-21-24/h3-6,9-10,13,16H,7-8,11-12,14H2,1-2H3. The van der Waals surface area contributed by atoms with Gasteiger partial charge in [-0.2, -0.15) is 5.10 Å². The second-order valence-corrected chi connectivity index (χ2v) is 6.80. The predicted molar refractivity (Wildman–Crippen MR) is 100 cm³/mol. The van der Waals surface area contributed by atoms with Gasteiger partial charge < -0.3 is 9.64 Å². The number of anilines is 1. The molecular formula is C20H24N4O. The summed E-state index contributed by atoms with van der Waals surface area (Å²) in [6.07, 6.45) is 6.28. The number of pyridine rings is 1. The molecule has 0 saturated carbocycles. The van der Waals surface area contributed by atoms with Crippen molar-refractivity contribution in [1.29, 1.82) is 0 Å². The summed E-state index contributed by atoms with van der Waals surface area (Å²) in [4.78, 5) is 7.20. The summed E-state index contributed by atoms with van der Waals surface area (Å²) in [6.45, 7) is 5.22. The van der Waals surface area contributed by atoms with Gasteiger partial charge in [0.15, 0.2) is 0 Å². The van der Waals surface area contributed by atoms with E-state index in [0.29, 0.717) is 5.92 Å². The highest BCUT2D eigenvalue weighted by atomic mass is 16.5. The van der Waals surface area contributed by atoms with E-state index in [-0.39, 0.29) is 0 Å². The molecule has 2 aromatic heterocycles. The zero-order chi connectivity index (χ0) is 17.2. The molecule has 0 bridgehead atoms. The summed E-state index contributed by atoms with van der Waals surface area (Å²) in [5.41, 5.74) is 3.27. The fourth-order valence-electron chi connectivity index (χ4n) is 3.78. The quantitative estimate of drug-likeness (QED) is 0.729. The first-order valence-electron chi connectivity index (χ1n) is 8.91. The van der Waals surface area contributed by atoms with E-state index in [1.807, 2.05) is 24.4 Å². The van der Waals surface area contributed by atoms with Crippen LogP contribution in [0.15, 0.2) is 42.7 Å². The fraction of sp³-hybridized carbons (Fsp3) is 0.400. The molecule has 25 heavy (non-hydrogen) atoms. The van der Waals surface area contributed by atoms with E-state index in [9.17, 15) is 0 Å². The molecule has 3 heterocycles. The average Bonchev–Trinajstić information content (AvgIpc) is 3.14. The first-order chi connectivity index (χ1) is 12.2. The Hall–Kier alpha value is -2.56. The van der Waals surface area contributed by atoms with Crippen LogP contribution in [0.4, 0.5) is 5.69 Å². The summed E-state index contributed by atoms with van der Waals surface area (Å²) in [7, 11) is 1.71. The van der Waals surface area contributed by atoms with Gasteiger partial charge in [-0.05, 0) is 43.9 Å². The molecule has 5 heteroatoms. The van der Waals surface area contributed by atoms with Crippen LogP contribution in [-0.4, -0.2) is 35.0 Å². The van der Waals surface area contributed by atoms with Crippen molar-refractivity contribution in [2.75, 3.05) is 25.1 Å². The molecule has 0 spiro atoms. The number of nitrogens with zero attached hydrogens (tertiary/aromatic N) is 4. The number of piperidine rings is 1. The van der Waals surface area contributed by atoms with E-state index in [1.165, 1.54) is 23.9 Å². The smallest absolute Gasteiger partial charge is 0.145 e. The van der Waals surface area contributed by atoms with Crippen LogP contribution in [0.3, 0.4) is 0 Å². The molecule has 0 N–H and O–H groups in total. The largest absolute Gasteiger partial charge is 0.494 e. The Labute approximate surface area is 148 Å². The first-order valence-corrected chi connectivity index (χ1v) is 8.91. The Balaban J connectivity index is 1.56. The molecular weight excluding hydrogens is 312 g/mol. The molecule has 1 fully saturated rings. The molecule has 0 radical (unpaired) electrons.